The lowest BCUT2D eigenvalue weighted by molar-refractivity contribution is -0.121. The van der Waals surface area contributed by atoms with Crippen LogP contribution in [0.5, 0.6) is 0 Å². The first-order valence-electron chi connectivity index (χ1n) is 9.87. The summed E-state index contributed by atoms with van der Waals surface area (Å²) >= 11 is 1.36. The average Bonchev–Trinajstić information content (AvgIpc) is 3.28. The number of pyridine rings is 1. The Kier molecular flexibility index (Phi) is 6.08. The van der Waals surface area contributed by atoms with E-state index in [1.807, 2.05) is 6.92 Å². The summed E-state index contributed by atoms with van der Waals surface area (Å²) in [6.07, 6.45) is 2.81. The summed E-state index contributed by atoms with van der Waals surface area (Å²) in [6.45, 7) is 6.20. The minimum absolute atomic E-state index is 0.145. The minimum Gasteiger partial charge on any atom is -0.368 e. The van der Waals surface area contributed by atoms with E-state index >= 15 is 0 Å². The summed E-state index contributed by atoms with van der Waals surface area (Å²) in [5, 5.41) is 3.05. The molecule has 3 amide bonds. The van der Waals surface area contributed by atoms with Crippen LogP contribution >= 0.6 is 11.8 Å². The number of urea groups is 1. The molecule has 1 saturated heterocycles. The molecule has 1 aromatic heterocycles. The van der Waals surface area contributed by atoms with Gasteiger partial charge in [-0.2, -0.15) is 0 Å². The van der Waals surface area contributed by atoms with Crippen LogP contribution in [0.25, 0.3) is 0 Å². The first-order chi connectivity index (χ1) is 13.9. The highest BCUT2D eigenvalue weighted by atomic mass is 32.2. The third-order valence-corrected chi connectivity index (χ3v) is 7.25. The van der Waals surface area contributed by atoms with E-state index in [-0.39, 0.29) is 11.3 Å². The van der Waals surface area contributed by atoms with Gasteiger partial charge >= 0.3 is 6.03 Å². The molecule has 164 valence electrons. The van der Waals surface area contributed by atoms with Crippen molar-refractivity contribution in [2.75, 3.05) is 6.54 Å². The molecule has 3 unspecified atom stereocenters. The van der Waals surface area contributed by atoms with Crippen molar-refractivity contribution < 1.29 is 18.4 Å². The largest absolute Gasteiger partial charge is 0.368 e. The van der Waals surface area contributed by atoms with Gasteiger partial charge in [-0.3, -0.25) is 20.1 Å². The number of hydrogen-bond donors (Lipinski definition) is 2. The van der Waals surface area contributed by atoms with E-state index in [9.17, 15) is 18.4 Å². The second-order valence-electron chi connectivity index (χ2n) is 8.39. The number of primary amides is 1. The Morgan fingerprint density at radius 3 is 2.67 bits per heavy atom. The van der Waals surface area contributed by atoms with Gasteiger partial charge in [0, 0.05) is 19.7 Å². The molecule has 3 N–H and O–H groups in total. The monoisotopic (exact) mass is 439 g/mol. The third kappa shape index (κ3) is 4.28. The van der Waals surface area contributed by atoms with Crippen molar-refractivity contribution in [2.45, 2.75) is 69.2 Å². The molecule has 1 fully saturated rings. The molecular weight excluding hydrogens is 412 g/mol. The number of carbonyl (C=O) groups is 2. The summed E-state index contributed by atoms with van der Waals surface area (Å²) in [5.41, 5.74) is 5.08. The van der Waals surface area contributed by atoms with Gasteiger partial charge in [-0.1, -0.05) is 11.8 Å². The molecule has 0 aliphatic carbocycles. The van der Waals surface area contributed by atoms with Crippen LogP contribution in [0.3, 0.4) is 0 Å². The van der Waals surface area contributed by atoms with Gasteiger partial charge in [-0.05, 0) is 51.3 Å². The van der Waals surface area contributed by atoms with Crippen molar-refractivity contribution in [2.24, 2.45) is 10.7 Å². The van der Waals surface area contributed by atoms with Crippen molar-refractivity contribution >= 4 is 28.9 Å². The smallest absolute Gasteiger partial charge is 0.324 e. The van der Waals surface area contributed by atoms with Crippen LogP contribution in [0.15, 0.2) is 23.3 Å². The molecule has 0 bridgehead atoms. The Bertz CT molecular complexity index is 871. The van der Waals surface area contributed by atoms with Crippen LogP contribution in [-0.4, -0.2) is 51.5 Å². The highest BCUT2D eigenvalue weighted by Crippen LogP contribution is 2.42. The van der Waals surface area contributed by atoms with E-state index < -0.39 is 29.3 Å². The molecular formula is C20H27F2N5O2S. The number of nitrogens with two attached hydrogens (primary N) is 1. The van der Waals surface area contributed by atoms with Crippen molar-refractivity contribution in [1.29, 1.82) is 0 Å². The van der Waals surface area contributed by atoms with E-state index in [0.29, 0.717) is 23.8 Å². The predicted octanol–water partition coefficient (Wildman–Crippen LogP) is 3.21. The number of thioether (sulfide) groups is 1. The Labute approximate surface area is 178 Å². The number of carbonyl (C=O) groups excluding carboxylic acids is 2. The number of alkyl halides is 2. The summed E-state index contributed by atoms with van der Waals surface area (Å²) < 4.78 is 28.1. The maximum atomic E-state index is 14.1. The molecule has 3 rings (SSSR count). The number of nitrogens with zero attached hydrogens (tertiary/aromatic N) is 3. The number of aromatic nitrogens is 1. The van der Waals surface area contributed by atoms with Gasteiger partial charge in [0.2, 0.25) is 5.91 Å². The number of nitrogens with one attached hydrogen (secondary N) is 1. The number of rotatable bonds is 4. The summed E-state index contributed by atoms with van der Waals surface area (Å²) in [6, 6.07) is 2.29. The van der Waals surface area contributed by atoms with E-state index in [1.165, 1.54) is 36.7 Å². The van der Waals surface area contributed by atoms with Gasteiger partial charge in [-0.25, -0.2) is 13.6 Å². The van der Waals surface area contributed by atoms with Gasteiger partial charge in [-0.15, -0.1) is 0 Å². The van der Waals surface area contributed by atoms with E-state index in [1.54, 1.807) is 12.1 Å². The highest BCUT2D eigenvalue weighted by Gasteiger charge is 2.45. The zero-order valence-electron chi connectivity index (χ0n) is 17.5. The van der Waals surface area contributed by atoms with Crippen molar-refractivity contribution in [1.82, 2.24) is 15.2 Å². The van der Waals surface area contributed by atoms with E-state index in [2.05, 4.69) is 15.3 Å². The maximum Gasteiger partial charge on any atom is 0.324 e. The van der Waals surface area contributed by atoms with Crippen molar-refractivity contribution in [3.05, 3.63) is 29.6 Å². The molecule has 7 nitrogen and oxygen atoms in total. The standard InChI is InChI=1S/C20H27F2N5O2S/c1-11-15(12-7-8-24-14(10-12)19(2,3)20(4,21)22)30-17(25-11)26-18(29)27-9-5-6-13(27)16(23)28/h7-8,10-11,13,15H,5-6,9H2,1-4H3,(H2,23,28)(H,25,26,29). The number of hydrogen-bond acceptors (Lipinski definition) is 5. The predicted molar refractivity (Wildman–Crippen MR) is 113 cm³/mol. The van der Waals surface area contributed by atoms with E-state index in [4.69, 9.17) is 5.73 Å². The van der Waals surface area contributed by atoms with Crippen LogP contribution in [0.2, 0.25) is 0 Å². The summed E-state index contributed by atoms with van der Waals surface area (Å²) in [4.78, 5) is 34.2. The number of aliphatic imine (C=N–C) groups is 1. The number of likely N-dealkylation sites (tertiary alicyclic amines) is 1. The lowest BCUT2D eigenvalue weighted by Crippen LogP contribution is -2.49. The molecule has 0 aromatic carbocycles. The maximum absolute atomic E-state index is 14.1. The summed E-state index contributed by atoms with van der Waals surface area (Å²) in [7, 11) is 0. The fourth-order valence-electron chi connectivity index (χ4n) is 3.57. The molecule has 0 saturated carbocycles. The molecule has 3 atom stereocenters. The first-order valence-corrected chi connectivity index (χ1v) is 10.8. The van der Waals surface area contributed by atoms with Crippen molar-refractivity contribution in [3.63, 3.8) is 0 Å². The fraction of sp³-hybridized carbons (Fsp3) is 0.600. The van der Waals surface area contributed by atoms with E-state index in [0.717, 1.165) is 18.9 Å². The van der Waals surface area contributed by atoms with Crippen molar-refractivity contribution in [3.8, 4) is 0 Å². The second kappa shape index (κ2) is 8.13. The minimum atomic E-state index is -2.94. The van der Waals surface area contributed by atoms with Gasteiger partial charge in [0.15, 0.2) is 5.17 Å². The normalized spacial score (nSPS) is 24.7. The number of halogens is 2. The molecule has 2 aliphatic rings. The molecule has 2 aliphatic heterocycles. The van der Waals surface area contributed by atoms with Crippen LogP contribution in [-0.2, 0) is 10.2 Å². The Hall–Kier alpha value is -2.23. The topological polar surface area (TPSA) is 101 Å². The molecule has 0 spiro atoms. The Balaban J connectivity index is 1.72. The average molecular weight is 440 g/mol. The second-order valence-corrected chi connectivity index (χ2v) is 9.52. The first kappa shape index (κ1) is 22.5. The SMILES string of the molecule is CC1N=C(NC(=O)N2CCCC2C(N)=O)SC1c1ccnc(C(C)(C)C(C)(F)F)c1. The Morgan fingerprint density at radius 2 is 2.03 bits per heavy atom. The van der Waals surface area contributed by atoms with Crippen LogP contribution in [0.4, 0.5) is 13.6 Å². The summed E-state index contributed by atoms with van der Waals surface area (Å²) in [5.74, 6) is -3.45. The molecule has 0 radical (unpaired) electrons. The van der Waals surface area contributed by atoms with Gasteiger partial charge in [0.1, 0.15) is 6.04 Å². The van der Waals surface area contributed by atoms with Gasteiger partial charge < -0.3 is 10.6 Å². The zero-order chi connectivity index (χ0) is 22.3. The quantitative estimate of drug-likeness (QED) is 0.752. The van der Waals surface area contributed by atoms with Crippen LogP contribution in [0, 0.1) is 0 Å². The third-order valence-electron chi connectivity index (χ3n) is 5.90. The van der Waals surface area contributed by atoms with Gasteiger partial charge in [0.25, 0.3) is 5.92 Å². The molecule has 1 aromatic rings. The molecule has 30 heavy (non-hydrogen) atoms. The van der Waals surface area contributed by atoms with Crippen LogP contribution < -0.4 is 11.1 Å². The zero-order valence-corrected chi connectivity index (χ0v) is 18.3. The lowest BCUT2D eigenvalue weighted by atomic mass is 9.82. The number of amidine groups is 1. The highest BCUT2D eigenvalue weighted by molar-refractivity contribution is 8.14. The fourth-order valence-corrected chi connectivity index (χ4v) is 4.72. The molecule has 10 heteroatoms. The lowest BCUT2D eigenvalue weighted by Gasteiger charge is -2.31. The number of amides is 3. The Morgan fingerprint density at radius 1 is 1.33 bits per heavy atom. The molecule has 3 heterocycles. The van der Waals surface area contributed by atoms with Gasteiger partial charge in [0.05, 0.1) is 22.4 Å². The van der Waals surface area contributed by atoms with Crippen LogP contribution in [0.1, 0.15) is 57.0 Å².